The van der Waals surface area contributed by atoms with E-state index in [0.29, 0.717) is 39.8 Å². The van der Waals surface area contributed by atoms with Gasteiger partial charge in [0.15, 0.2) is 11.5 Å². The van der Waals surface area contributed by atoms with Crippen LogP contribution in [0, 0.1) is 6.92 Å². The van der Waals surface area contributed by atoms with E-state index >= 15 is 0 Å². The first kappa shape index (κ1) is 20.8. The molecule has 10 heteroatoms. The highest BCUT2D eigenvalue weighted by Gasteiger charge is 2.19. The standard InChI is InChI=1S/C22H19N5O5/c1-13-9-19(32-26-13)17-11-21(30)27(25-22(17)18-7-4-8-31-18)12-20(29)24-16-6-3-5-15(10-16)23-14(2)28/h3-11H,12H2,1-2H3,(H,23,28)(H,24,29). The molecule has 0 radical (unpaired) electrons. The van der Waals surface area contributed by atoms with Crippen molar-refractivity contribution < 1.29 is 18.5 Å². The van der Waals surface area contributed by atoms with Crippen LogP contribution in [0.15, 0.2) is 68.5 Å². The smallest absolute Gasteiger partial charge is 0.268 e. The van der Waals surface area contributed by atoms with Gasteiger partial charge in [0.25, 0.3) is 5.56 Å². The molecule has 0 unspecified atom stereocenters. The number of aromatic nitrogens is 3. The molecule has 1 aromatic carbocycles. The second-order valence-corrected chi connectivity index (χ2v) is 7.02. The monoisotopic (exact) mass is 433 g/mol. The van der Waals surface area contributed by atoms with Crippen molar-refractivity contribution in [2.45, 2.75) is 20.4 Å². The fourth-order valence-corrected chi connectivity index (χ4v) is 3.09. The molecule has 3 heterocycles. The van der Waals surface area contributed by atoms with Crippen molar-refractivity contribution in [3.63, 3.8) is 0 Å². The van der Waals surface area contributed by atoms with Gasteiger partial charge in [-0.2, -0.15) is 5.10 Å². The summed E-state index contributed by atoms with van der Waals surface area (Å²) in [5, 5.41) is 13.5. The van der Waals surface area contributed by atoms with Gasteiger partial charge >= 0.3 is 0 Å². The molecule has 10 nitrogen and oxygen atoms in total. The van der Waals surface area contributed by atoms with Crippen molar-refractivity contribution in [3.05, 3.63) is 70.8 Å². The second-order valence-electron chi connectivity index (χ2n) is 7.02. The summed E-state index contributed by atoms with van der Waals surface area (Å²) in [4.78, 5) is 36.5. The molecule has 0 atom stereocenters. The van der Waals surface area contributed by atoms with Gasteiger partial charge in [-0.15, -0.1) is 0 Å². The third-order valence-electron chi connectivity index (χ3n) is 4.41. The highest BCUT2D eigenvalue weighted by atomic mass is 16.5. The molecule has 2 N–H and O–H groups in total. The number of hydrogen-bond acceptors (Lipinski definition) is 7. The van der Waals surface area contributed by atoms with Crippen LogP contribution in [0.3, 0.4) is 0 Å². The largest absolute Gasteiger partial charge is 0.463 e. The lowest BCUT2D eigenvalue weighted by Crippen LogP contribution is -2.29. The van der Waals surface area contributed by atoms with Crippen LogP contribution < -0.4 is 16.2 Å². The van der Waals surface area contributed by atoms with E-state index in [0.717, 1.165) is 4.68 Å². The zero-order valence-electron chi connectivity index (χ0n) is 17.3. The maximum Gasteiger partial charge on any atom is 0.268 e. The van der Waals surface area contributed by atoms with Crippen LogP contribution in [-0.2, 0) is 16.1 Å². The maximum absolute atomic E-state index is 12.7. The van der Waals surface area contributed by atoms with Gasteiger partial charge in [-0.1, -0.05) is 11.2 Å². The average Bonchev–Trinajstić information content (AvgIpc) is 3.41. The Kier molecular flexibility index (Phi) is 5.67. The van der Waals surface area contributed by atoms with Crippen LogP contribution in [0.5, 0.6) is 0 Å². The minimum Gasteiger partial charge on any atom is -0.463 e. The molecule has 3 aromatic heterocycles. The van der Waals surface area contributed by atoms with Crippen molar-refractivity contribution in [1.82, 2.24) is 14.9 Å². The van der Waals surface area contributed by atoms with Gasteiger partial charge in [0.1, 0.15) is 12.2 Å². The van der Waals surface area contributed by atoms with Gasteiger partial charge in [0.2, 0.25) is 11.8 Å². The molecule has 0 bridgehead atoms. The molecule has 0 saturated heterocycles. The van der Waals surface area contributed by atoms with Gasteiger partial charge < -0.3 is 19.6 Å². The normalized spacial score (nSPS) is 10.7. The zero-order valence-corrected chi connectivity index (χ0v) is 17.3. The molecular formula is C22H19N5O5. The quantitative estimate of drug-likeness (QED) is 0.477. The van der Waals surface area contributed by atoms with E-state index in [2.05, 4.69) is 20.9 Å². The number of rotatable bonds is 6. The number of benzene rings is 1. The van der Waals surface area contributed by atoms with Gasteiger partial charge in [-0.25, -0.2) is 4.68 Å². The molecule has 0 fully saturated rings. The van der Waals surface area contributed by atoms with Crippen molar-refractivity contribution in [2.24, 2.45) is 0 Å². The highest BCUT2D eigenvalue weighted by Crippen LogP contribution is 2.29. The van der Waals surface area contributed by atoms with E-state index in [4.69, 9.17) is 8.94 Å². The number of nitrogens with one attached hydrogen (secondary N) is 2. The second kappa shape index (κ2) is 8.72. The number of carbonyl (C=O) groups excluding carboxylic acids is 2. The molecule has 4 rings (SSSR count). The predicted octanol–water partition coefficient (Wildman–Crippen LogP) is 3.06. The Hall–Kier alpha value is -4.47. The van der Waals surface area contributed by atoms with Crippen LogP contribution >= 0.6 is 0 Å². The lowest BCUT2D eigenvalue weighted by Gasteiger charge is -2.10. The predicted molar refractivity (Wildman–Crippen MR) is 116 cm³/mol. The third-order valence-corrected chi connectivity index (χ3v) is 4.41. The number of hydrogen-bond donors (Lipinski definition) is 2. The SMILES string of the molecule is CC(=O)Nc1cccc(NC(=O)Cn2nc(-c3ccco3)c(-c3cc(C)no3)cc2=O)c1. The van der Waals surface area contributed by atoms with E-state index in [1.54, 1.807) is 49.4 Å². The number of carbonyl (C=O) groups is 2. The summed E-state index contributed by atoms with van der Waals surface area (Å²) in [5.74, 6) is 0.0843. The maximum atomic E-state index is 12.7. The lowest BCUT2D eigenvalue weighted by molar-refractivity contribution is -0.117. The molecule has 32 heavy (non-hydrogen) atoms. The van der Waals surface area contributed by atoms with Crippen LogP contribution in [0.1, 0.15) is 12.6 Å². The summed E-state index contributed by atoms with van der Waals surface area (Å²) in [6.45, 7) is 2.83. The van der Waals surface area contributed by atoms with Crippen LogP contribution in [0.4, 0.5) is 11.4 Å². The molecule has 0 aliphatic carbocycles. The molecule has 0 spiro atoms. The molecule has 4 aromatic rings. The summed E-state index contributed by atoms with van der Waals surface area (Å²) in [6.07, 6.45) is 1.48. The summed E-state index contributed by atoms with van der Waals surface area (Å²) >= 11 is 0. The molecule has 0 aliphatic heterocycles. The molecule has 0 saturated carbocycles. The molecule has 162 valence electrons. The molecule has 2 amide bonds. The van der Waals surface area contributed by atoms with Crippen molar-refractivity contribution in [1.29, 1.82) is 0 Å². The first-order chi connectivity index (χ1) is 15.4. The Morgan fingerprint density at radius 3 is 2.47 bits per heavy atom. The van der Waals surface area contributed by atoms with Crippen molar-refractivity contribution in [3.8, 4) is 22.8 Å². The fourth-order valence-electron chi connectivity index (χ4n) is 3.09. The van der Waals surface area contributed by atoms with Crippen LogP contribution in [-0.4, -0.2) is 26.8 Å². The first-order valence-corrected chi connectivity index (χ1v) is 9.66. The minimum absolute atomic E-state index is 0.225. The van der Waals surface area contributed by atoms with Crippen LogP contribution in [0.25, 0.3) is 22.8 Å². The molecule has 0 aliphatic rings. The van der Waals surface area contributed by atoms with Gasteiger partial charge in [-0.3, -0.25) is 14.4 Å². The summed E-state index contributed by atoms with van der Waals surface area (Å²) in [7, 11) is 0. The van der Waals surface area contributed by atoms with E-state index < -0.39 is 11.5 Å². The average molecular weight is 433 g/mol. The first-order valence-electron chi connectivity index (χ1n) is 9.66. The van der Waals surface area contributed by atoms with Gasteiger partial charge in [-0.05, 0) is 37.3 Å². The fraction of sp³-hybridized carbons (Fsp3) is 0.136. The highest BCUT2D eigenvalue weighted by molar-refractivity contribution is 5.93. The Bertz CT molecular complexity index is 1340. The Balaban J connectivity index is 1.61. The minimum atomic E-state index is -0.494. The van der Waals surface area contributed by atoms with Crippen LogP contribution in [0.2, 0.25) is 0 Å². The lowest BCUT2D eigenvalue weighted by atomic mass is 10.1. The number of anilines is 2. The number of furan rings is 1. The van der Waals surface area contributed by atoms with Crippen molar-refractivity contribution in [2.75, 3.05) is 10.6 Å². The van der Waals surface area contributed by atoms with E-state index in [1.807, 2.05) is 0 Å². The van der Waals surface area contributed by atoms with Crippen molar-refractivity contribution >= 4 is 23.2 Å². The van der Waals surface area contributed by atoms with Gasteiger partial charge in [0.05, 0.1) is 17.5 Å². The van der Waals surface area contributed by atoms with E-state index in [9.17, 15) is 14.4 Å². The summed E-state index contributed by atoms with van der Waals surface area (Å²) in [6, 6.07) is 13.1. The van der Waals surface area contributed by atoms with E-state index in [-0.39, 0.29) is 12.5 Å². The number of aryl methyl sites for hydroxylation is 1. The number of amides is 2. The van der Waals surface area contributed by atoms with E-state index in [1.165, 1.54) is 19.3 Å². The Labute approximate surface area is 181 Å². The topological polar surface area (TPSA) is 132 Å². The summed E-state index contributed by atoms with van der Waals surface area (Å²) < 4.78 is 11.8. The van der Waals surface area contributed by atoms with Gasteiger partial charge in [0, 0.05) is 30.4 Å². The molecular weight excluding hydrogens is 414 g/mol. The Morgan fingerprint density at radius 2 is 1.81 bits per heavy atom. The Morgan fingerprint density at radius 1 is 1.03 bits per heavy atom. The zero-order chi connectivity index (χ0) is 22.7. The number of nitrogens with zero attached hydrogens (tertiary/aromatic N) is 3. The third kappa shape index (κ3) is 4.64. The summed E-state index contributed by atoms with van der Waals surface area (Å²) in [5.41, 5.74) is 1.91.